The molecule has 0 aliphatic carbocycles. The van der Waals surface area contributed by atoms with E-state index in [-0.39, 0.29) is 24.3 Å². The molecule has 2 unspecified atom stereocenters. The summed E-state index contributed by atoms with van der Waals surface area (Å²) >= 11 is 1.48. The minimum Gasteiger partial charge on any atom is -0.493 e. The van der Waals surface area contributed by atoms with E-state index in [2.05, 4.69) is 0 Å². The Morgan fingerprint density at radius 3 is 2.67 bits per heavy atom. The molecule has 0 radical (unpaired) electrons. The first-order chi connectivity index (χ1) is 9.99. The van der Waals surface area contributed by atoms with E-state index in [1.165, 1.54) is 16.7 Å². The van der Waals surface area contributed by atoms with Crippen molar-refractivity contribution < 1.29 is 19.4 Å². The number of carbonyl (C=O) groups is 2. The molecule has 1 fully saturated rings. The average molecular weight is 309 g/mol. The van der Waals surface area contributed by atoms with Gasteiger partial charge in [-0.25, -0.2) is 4.79 Å². The minimum absolute atomic E-state index is 0.0991. The molecule has 5 nitrogen and oxygen atoms in total. The van der Waals surface area contributed by atoms with Crippen LogP contribution < -0.4 is 4.74 Å². The van der Waals surface area contributed by atoms with Crippen molar-refractivity contribution in [3.63, 3.8) is 0 Å². The summed E-state index contributed by atoms with van der Waals surface area (Å²) in [6, 6.07) is 6.87. The number of nitrogens with zero attached hydrogens (tertiary/aromatic N) is 1. The van der Waals surface area contributed by atoms with Crippen LogP contribution in [-0.2, 0) is 9.59 Å². The minimum atomic E-state index is -0.945. The molecule has 0 aromatic heterocycles. The molecule has 1 aromatic rings. The van der Waals surface area contributed by atoms with E-state index in [0.717, 1.165) is 5.56 Å². The predicted molar refractivity (Wildman–Crippen MR) is 81.5 cm³/mol. The third kappa shape index (κ3) is 3.91. The highest BCUT2D eigenvalue weighted by Gasteiger charge is 2.38. The van der Waals surface area contributed by atoms with E-state index in [1.54, 1.807) is 0 Å². The van der Waals surface area contributed by atoms with Gasteiger partial charge in [0.15, 0.2) is 0 Å². The van der Waals surface area contributed by atoms with Crippen LogP contribution in [0.5, 0.6) is 5.75 Å². The lowest BCUT2D eigenvalue weighted by molar-refractivity contribution is -0.149. The summed E-state index contributed by atoms with van der Waals surface area (Å²) in [6.45, 7) is 4.10. The molecule has 21 heavy (non-hydrogen) atoms. The normalized spacial score (nSPS) is 21.3. The fourth-order valence-corrected chi connectivity index (χ4v) is 3.42. The number of aryl methyl sites for hydroxylation is 1. The predicted octanol–water partition coefficient (Wildman–Crippen LogP) is 2.14. The Labute approximate surface area is 128 Å². The summed E-state index contributed by atoms with van der Waals surface area (Å²) in [6.07, 6.45) is 0.183. The molecule has 1 aliphatic heterocycles. The van der Waals surface area contributed by atoms with Gasteiger partial charge in [-0.05, 0) is 26.0 Å². The van der Waals surface area contributed by atoms with Gasteiger partial charge < -0.3 is 14.7 Å². The van der Waals surface area contributed by atoms with Gasteiger partial charge in [0.2, 0.25) is 5.91 Å². The van der Waals surface area contributed by atoms with Gasteiger partial charge in [0.1, 0.15) is 11.8 Å². The number of aliphatic carboxylic acids is 1. The number of carbonyl (C=O) groups excluding carboxylic acids is 1. The number of amides is 1. The van der Waals surface area contributed by atoms with Crippen molar-refractivity contribution in [3.8, 4) is 5.75 Å². The second kappa shape index (κ2) is 6.85. The molecular formula is C15H19NO4S. The summed E-state index contributed by atoms with van der Waals surface area (Å²) in [5, 5.41) is 9.04. The largest absolute Gasteiger partial charge is 0.493 e. The van der Waals surface area contributed by atoms with Crippen LogP contribution in [-0.4, -0.2) is 45.7 Å². The molecular weight excluding hydrogens is 290 g/mol. The van der Waals surface area contributed by atoms with Crippen LogP contribution in [0, 0.1) is 6.92 Å². The van der Waals surface area contributed by atoms with Gasteiger partial charge in [0.25, 0.3) is 0 Å². The van der Waals surface area contributed by atoms with Crippen molar-refractivity contribution >= 4 is 23.6 Å². The van der Waals surface area contributed by atoms with Gasteiger partial charge in [0.05, 0.1) is 18.4 Å². The molecule has 0 bridgehead atoms. The molecule has 0 spiro atoms. The van der Waals surface area contributed by atoms with Crippen molar-refractivity contribution in [1.82, 2.24) is 4.90 Å². The second-order valence-electron chi connectivity index (χ2n) is 5.00. The first-order valence-electron chi connectivity index (χ1n) is 6.84. The summed E-state index contributed by atoms with van der Waals surface area (Å²) in [5.41, 5.74) is 1.14. The highest BCUT2D eigenvalue weighted by Crippen LogP contribution is 2.29. The molecule has 1 aliphatic rings. The molecule has 1 aromatic carbocycles. The first kappa shape index (κ1) is 15.7. The molecule has 1 N–H and O–H groups in total. The Hall–Kier alpha value is -1.69. The number of ether oxygens (including phenoxy) is 1. The zero-order chi connectivity index (χ0) is 15.4. The molecule has 1 saturated heterocycles. The molecule has 2 rings (SSSR count). The zero-order valence-electron chi connectivity index (χ0n) is 12.1. The highest BCUT2D eigenvalue weighted by molar-refractivity contribution is 8.00. The van der Waals surface area contributed by atoms with Crippen LogP contribution in [0.2, 0.25) is 0 Å². The third-order valence-corrected chi connectivity index (χ3v) is 4.62. The summed E-state index contributed by atoms with van der Waals surface area (Å²) < 4.78 is 5.52. The lowest BCUT2D eigenvalue weighted by Gasteiger charge is -2.25. The third-order valence-electron chi connectivity index (χ3n) is 3.40. The Balaban J connectivity index is 1.86. The first-order valence-corrected chi connectivity index (χ1v) is 7.89. The van der Waals surface area contributed by atoms with Crippen LogP contribution in [0.15, 0.2) is 24.3 Å². The monoisotopic (exact) mass is 309 g/mol. The van der Waals surface area contributed by atoms with E-state index >= 15 is 0 Å². The number of rotatable bonds is 5. The summed E-state index contributed by atoms with van der Waals surface area (Å²) in [4.78, 5) is 24.8. The van der Waals surface area contributed by atoms with Gasteiger partial charge in [0, 0.05) is 5.75 Å². The van der Waals surface area contributed by atoms with E-state index in [0.29, 0.717) is 11.5 Å². The molecule has 1 amide bonds. The van der Waals surface area contributed by atoms with Crippen LogP contribution in [0.3, 0.4) is 0 Å². The Morgan fingerprint density at radius 2 is 2.05 bits per heavy atom. The van der Waals surface area contributed by atoms with Gasteiger partial charge in [-0.3, -0.25) is 4.79 Å². The molecule has 0 saturated carbocycles. The number of carboxylic acids is 1. The topological polar surface area (TPSA) is 66.8 Å². The van der Waals surface area contributed by atoms with Crippen molar-refractivity contribution in [2.24, 2.45) is 0 Å². The van der Waals surface area contributed by atoms with Crippen LogP contribution >= 0.6 is 11.8 Å². The summed E-state index contributed by atoms with van der Waals surface area (Å²) in [5.74, 6) is 0.0415. The van der Waals surface area contributed by atoms with Crippen molar-refractivity contribution in [2.75, 3.05) is 12.4 Å². The Morgan fingerprint density at radius 1 is 1.38 bits per heavy atom. The number of carboxylic acid groups (broad SMARTS) is 1. The van der Waals surface area contributed by atoms with E-state index < -0.39 is 12.0 Å². The van der Waals surface area contributed by atoms with Crippen molar-refractivity contribution in [2.45, 2.75) is 31.7 Å². The second-order valence-corrected chi connectivity index (χ2v) is 6.35. The smallest absolute Gasteiger partial charge is 0.327 e. The van der Waals surface area contributed by atoms with E-state index in [1.807, 2.05) is 38.1 Å². The fraction of sp³-hybridized carbons (Fsp3) is 0.467. The maximum atomic E-state index is 12.2. The molecule has 1 heterocycles. The van der Waals surface area contributed by atoms with Gasteiger partial charge in [-0.1, -0.05) is 17.7 Å². The maximum Gasteiger partial charge on any atom is 0.327 e. The summed E-state index contributed by atoms with van der Waals surface area (Å²) in [7, 11) is 0. The molecule has 6 heteroatoms. The Bertz CT molecular complexity index is 517. The van der Waals surface area contributed by atoms with Gasteiger partial charge in [-0.15, -0.1) is 11.8 Å². The number of hydrogen-bond donors (Lipinski definition) is 1. The lowest BCUT2D eigenvalue weighted by Crippen LogP contribution is -2.45. The number of thioether (sulfide) groups is 1. The van der Waals surface area contributed by atoms with Crippen LogP contribution in [0.1, 0.15) is 18.9 Å². The van der Waals surface area contributed by atoms with Gasteiger partial charge >= 0.3 is 5.97 Å². The van der Waals surface area contributed by atoms with Crippen LogP contribution in [0.25, 0.3) is 0 Å². The molecule has 2 atom stereocenters. The maximum absolute atomic E-state index is 12.2. The van der Waals surface area contributed by atoms with Crippen molar-refractivity contribution in [3.05, 3.63) is 29.8 Å². The van der Waals surface area contributed by atoms with E-state index in [9.17, 15) is 9.59 Å². The van der Waals surface area contributed by atoms with E-state index in [4.69, 9.17) is 9.84 Å². The SMILES string of the molecule is Cc1ccc(OCCC(=O)N2C(C)SCC2C(=O)O)cc1. The number of benzene rings is 1. The molecule has 114 valence electrons. The quantitative estimate of drug-likeness (QED) is 0.902. The standard InChI is InChI=1S/C15H19NO4S/c1-10-3-5-12(6-4-10)20-8-7-14(17)16-11(2)21-9-13(16)15(18)19/h3-6,11,13H,7-9H2,1-2H3,(H,18,19). The number of hydrogen-bond acceptors (Lipinski definition) is 4. The fourth-order valence-electron chi connectivity index (χ4n) is 2.23. The zero-order valence-corrected chi connectivity index (χ0v) is 12.9. The van der Waals surface area contributed by atoms with Gasteiger partial charge in [-0.2, -0.15) is 0 Å². The Kier molecular flexibility index (Phi) is 5.12. The average Bonchev–Trinajstić information content (AvgIpc) is 2.83. The highest BCUT2D eigenvalue weighted by atomic mass is 32.2. The lowest BCUT2D eigenvalue weighted by atomic mass is 10.2. The van der Waals surface area contributed by atoms with Crippen molar-refractivity contribution in [1.29, 1.82) is 0 Å². The van der Waals surface area contributed by atoms with Crippen LogP contribution in [0.4, 0.5) is 0 Å².